The average molecular weight is 361 g/mol. The fourth-order valence-corrected chi connectivity index (χ4v) is 4.84. The number of benzene rings is 1. The van der Waals surface area contributed by atoms with Gasteiger partial charge >= 0.3 is 0 Å². The van der Waals surface area contributed by atoms with Crippen LogP contribution in [0.5, 0.6) is 0 Å². The van der Waals surface area contributed by atoms with Crippen LogP contribution in [0, 0.1) is 35.3 Å². The molecule has 0 radical (unpaired) electrons. The molecule has 0 unspecified atom stereocenters. The molecule has 0 heterocycles. The predicted octanol–water partition coefficient (Wildman–Crippen LogP) is 7.48. The first-order chi connectivity index (χ1) is 12.6. The Bertz CT molecular complexity index is 576. The molecule has 2 fully saturated rings. The highest BCUT2D eigenvalue weighted by molar-refractivity contribution is 5.17. The normalized spacial score (nSPS) is 30.0. The lowest BCUT2D eigenvalue weighted by Gasteiger charge is -2.28. The van der Waals surface area contributed by atoms with Gasteiger partial charge < -0.3 is 0 Å². The lowest BCUT2D eigenvalue weighted by Crippen LogP contribution is -2.15. The van der Waals surface area contributed by atoms with Crippen molar-refractivity contribution in [1.82, 2.24) is 0 Å². The molecule has 1 aromatic rings. The fraction of sp³-hybridized carbons (Fsp3) is 0.667. The van der Waals surface area contributed by atoms with E-state index in [1.807, 2.05) is 0 Å². The highest BCUT2D eigenvalue weighted by atomic mass is 19.2. The monoisotopic (exact) mass is 360 g/mol. The maximum atomic E-state index is 13.3. The summed E-state index contributed by atoms with van der Waals surface area (Å²) in [6.07, 6.45) is 19.1. The van der Waals surface area contributed by atoms with Crippen molar-refractivity contribution in [3.05, 3.63) is 47.5 Å². The van der Waals surface area contributed by atoms with E-state index in [0.29, 0.717) is 0 Å². The first-order valence-corrected chi connectivity index (χ1v) is 10.8. The first-order valence-electron chi connectivity index (χ1n) is 10.8. The predicted molar refractivity (Wildman–Crippen MR) is 105 cm³/mol. The third-order valence-electron chi connectivity index (χ3n) is 6.84. The second-order valence-electron chi connectivity index (χ2n) is 8.64. The second kappa shape index (κ2) is 9.67. The van der Waals surface area contributed by atoms with Crippen molar-refractivity contribution >= 4 is 0 Å². The summed E-state index contributed by atoms with van der Waals surface area (Å²) >= 11 is 0. The summed E-state index contributed by atoms with van der Waals surface area (Å²) in [5.41, 5.74) is 0.925. The van der Waals surface area contributed by atoms with Gasteiger partial charge in [0.2, 0.25) is 0 Å². The van der Waals surface area contributed by atoms with E-state index in [1.165, 1.54) is 69.9 Å². The summed E-state index contributed by atoms with van der Waals surface area (Å²) in [5, 5.41) is 0. The molecule has 2 aliphatic carbocycles. The van der Waals surface area contributed by atoms with Crippen LogP contribution in [0.3, 0.4) is 0 Å². The van der Waals surface area contributed by atoms with Gasteiger partial charge in [0.15, 0.2) is 11.6 Å². The Morgan fingerprint density at radius 1 is 0.808 bits per heavy atom. The average Bonchev–Trinajstić information content (AvgIpc) is 2.68. The molecule has 0 atom stereocenters. The Hall–Kier alpha value is -1.18. The zero-order chi connectivity index (χ0) is 18.4. The van der Waals surface area contributed by atoms with Gasteiger partial charge in [0, 0.05) is 0 Å². The van der Waals surface area contributed by atoms with Crippen LogP contribution in [0.4, 0.5) is 8.78 Å². The van der Waals surface area contributed by atoms with Gasteiger partial charge in [-0.25, -0.2) is 8.78 Å². The van der Waals surface area contributed by atoms with Gasteiger partial charge in [0.05, 0.1) is 0 Å². The van der Waals surface area contributed by atoms with Crippen molar-refractivity contribution in [1.29, 1.82) is 0 Å². The molecular weight excluding hydrogens is 326 g/mol. The van der Waals surface area contributed by atoms with Crippen molar-refractivity contribution in [2.75, 3.05) is 0 Å². The lowest BCUT2D eigenvalue weighted by molar-refractivity contribution is 0.289. The topological polar surface area (TPSA) is 0 Å². The molecule has 2 saturated carbocycles. The molecule has 144 valence electrons. The lowest BCUT2D eigenvalue weighted by atomic mass is 9.77. The largest absolute Gasteiger partial charge is 0.204 e. The summed E-state index contributed by atoms with van der Waals surface area (Å²) in [7, 11) is 0. The van der Waals surface area contributed by atoms with Crippen LogP contribution in [0.2, 0.25) is 0 Å². The van der Waals surface area contributed by atoms with E-state index in [4.69, 9.17) is 0 Å². The number of hydrogen-bond acceptors (Lipinski definition) is 0. The molecule has 0 spiro atoms. The Labute approximate surface area is 158 Å². The molecule has 0 aliphatic heterocycles. The van der Waals surface area contributed by atoms with Crippen molar-refractivity contribution in [3.63, 3.8) is 0 Å². The van der Waals surface area contributed by atoms with E-state index in [0.717, 1.165) is 42.1 Å². The Kier molecular flexibility index (Phi) is 7.28. The molecule has 1 aromatic carbocycles. The fourth-order valence-electron chi connectivity index (χ4n) is 4.84. The van der Waals surface area contributed by atoms with Crippen LogP contribution in [-0.2, 0) is 6.42 Å². The Balaban J connectivity index is 1.36. The molecule has 2 aliphatic rings. The van der Waals surface area contributed by atoms with Gasteiger partial charge in [-0.2, -0.15) is 0 Å². The van der Waals surface area contributed by atoms with Crippen molar-refractivity contribution in [2.45, 2.75) is 77.6 Å². The first kappa shape index (κ1) is 19.6. The van der Waals surface area contributed by atoms with Gasteiger partial charge in [-0.1, -0.05) is 31.6 Å². The second-order valence-corrected chi connectivity index (χ2v) is 8.64. The molecule has 3 rings (SSSR count). The van der Waals surface area contributed by atoms with Crippen molar-refractivity contribution in [2.24, 2.45) is 23.7 Å². The minimum atomic E-state index is -0.746. The third-order valence-corrected chi connectivity index (χ3v) is 6.84. The number of aryl methyl sites for hydroxylation is 1. The molecule has 2 heteroatoms. The smallest absolute Gasteiger partial charge is 0.159 e. The summed E-state index contributed by atoms with van der Waals surface area (Å²) in [5.74, 6) is 1.84. The van der Waals surface area contributed by atoms with Gasteiger partial charge in [-0.05, 0) is 106 Å². The number of halogens is 2. The van der Waals surface area contributed by atoms with Crippen molar-refractivity contribution < 1.29 is 8.78 Å². The zero-order valence-corrected chi connectivity index (χ0v) is 16.2. The highest BCUT2D eigenvalue weighted by Gasteiger charge is 2.21. The van der Waals surface area contributed by atoms with Crippen LogP contribution < -0.4 is 0 Å². The maximum absolute atomic E-state index is 13.3. The van der Waals surface area contributed by atoms with Gasteiger partial charge in [0.25, 0.3) is 0 Å². The maximum Gasteiger partial charge on any atom is 0.159 e. The van der Waals surface area contributed by atoms with Crippen LogP contribution in [0.1, 0.15) is 76.7 Å². The third kappa shape index (κ3) is 5.66. The molecule has 26 heavy (non-hydrogen) atoms. The standard InChI is InChI=1S/C24H34F2/c1-2-18-3-5-19(6-4-18)7-8-20-9-11-21(12-10-20)13-14-22-15-16-23(25)24(26)17-22/h7-8,15-21H,2-6,9-14H2,1H3/b8-7+/t18-,19-,20-,21-. The molecule has 0 amide bonds. The Morgan fingerprint density at radius 2 is 1.38 bits per heavy atom. The van der Waals surface area contributed by atoms with Crippen molar-refractivity contribution in [3.8, 4) is 0 Å². The summed E-state index contributed by atoms with van der Waals surface area (Å²) in [6.45, 7) is 2.33. The van der Waals surface area contributed by atoms with E-state index in [-0.39, 0.29) is 0 Å². The Morgan fingerprint density at radius 3 is 1.92 bits per heavy atom. The molecule has 0 bridgehead atoms. The number of allylic oxidation sites excluding steroid dienone is 2. The quantitative estimate of drug-likeness (QED) is 0.461. The molecule has 0 saturated heterocycles. The number of hydrogen-bond donors (Lipinski definition) is 0. The molecule has 0 aromatic heterocycles. The van der Waals surface area contributed by atoms with E-state index in [2.05, 4.69) is 19.1 Å². The van der Waals surface area contributed by atoms with Crippen LogP contribution in [0.25, 0.3) is 0 Å². The summed E-state index contributed by atoms with van der Waals surface area (Å²) < 4.78 is 26.3. The van der Waals surface area contributed by atoms with Gasteiger partial charge in [-0.3, -0.25) is 0 Å². The van der Waals surface area contributed by atoms with E-state index in [9.17, 15) is 8.78 Å². The number of rotatable bonds is 6. The summed E-state index contributed by atoms with van der Waals surface area (Å²) in [4.78, 5) is 0. The van der Waals surface area contributed by atoms with Gasteiger partial charge in [0.1, 0.15) is 0 Å². The SMILES string of the molecule is CC[C@H]1CC[C@H](/C=C/[C@H]2CC[C@H](CCc3ccc(F)c(F)c3)CC2)CC1. The molecule has 0 nitrogen and oxygen atoms in total. The summed E-state index contributed by atoms with van der Waals surface area (Å²) in [6, 6.07) is 4.33. The molecular formula is C24H34F2. The van der Waals surface area contributed by atoms with Crippen LogP contribution >= 0.6 is 0 Å². The zero-order valence-electron chi connectivity index (χ0n) is 16.2. The van der Waals surface area contributed by atoms with Crippen LogP contribution in [0.15, 0.2) is 30.4 Å². The minimum absolute atomic E-state index is 0.718. The van der Waals surface area contributed by atoms with Crippen LogP contribution in [-0.4, -0.2) is 0 Å². The van der Waals surface area contributed by atoms with E-state index in [1.54, 1.807) is 6.07 Å². The van der Waals surface area contributed by atoms with Gasteiger partial charge in [-0.15, -0.1) is 0 Å². The molecule has 0 N–H and O–H groups in total. The van der Waals surface area contributed by atoms with E-state index >= 15 is 0 Å². The minimum Gasteiger partial charge on any atom is -0.204 e. The highest BCUT2D eigenvalue weighted by Crippen LogP contribution is 2.35. The van der Waals surface area contributed by atoms with E-state index < -0.39 is 11.6 Å².